The van der Waals surface area contributed by atoms with E-state index >= 15 is 0 Å². The van der Waals surface area contributed by atoms with Crippen molar-refractivity contribution in [2.24, 2.45) is 5.10 Å². The Balaban J connectivity index is 2.15. The molecule has 0 spiro atoms. The fraction of sp³-hybridized carbons (Fsp3) is 0.353. The number of nitro benzene ring substituents is 1. The molecule has 1 aromatic carbocycles. The zero-order chi connectivity index (χ0) is 20.5. The highest BCUT2D eigenvalue weighted by molar-refractivity contribution is 7.13. The largest absolute Gasteiger partial charge is 0.493 e. The number of esters is 1. The maximum absolute atomic E-state index is 11.4. The number of carbonyl (C=O) groups excluding carboxylic acids is 1. The van der Waals surface area contributed by atoms with Crippen molar-refractivity contribution in [3.05, 3.63) is 38.9 Å². The van der Waals surface area contributed by atoms with E-state index in [0.717, 1.165) is 0 Å². The Morgan fingerprint density at radius 3 is 2.86 bits per heavy atom. The van der Waals surface area contributed by atoms with Crippen LogP contribution in [-0.4, -0.2) is 42.9 Å². The molecule has 0 amide bonds. The van der Waals surface area contributed by atoms with Crippen LogP contribution < -0.4 is 14.9 Å². The number of rotatable bonds is 10. The second-order valence-corrected chi connectivity index (χ2v) is 6.30. The minimum absolute atomic E-state index is 0.0704. The summed E-state index contributed by atoms with van der Waals surface area (Å²) in [7, 11) is 2.72. The van der Waals surface area contributed by atoms with E-state index in [9.17, 15) is 14.9 Å². The number of hydrogen-bond acceptors (Lipinski definition) is 10. The van der Waals surface area contributed by atoms with Crippen LogP contribution in [0.2, 0.25) is 0 Å². The number of carbonyl (C=O) groups is 1. The molecule has 1 aromatic heterocycles. The molecule has 2 rings (SSSR count). The molecule has 0 saturated carbocycles. The van der Waals surface area contributed by atoms with Crippen LogP contribution in [0.5, 0.6) is 11.5 Å². The predicted molar refractivity (Wildman–Crippen MR) is 104 cm³/mol. The Labute approximate surface area is 165 Å². The summed E-state index contributed by atoms with van der Waals surface area (Å²) >= 11 is 1.27. The van der Waals surface area contributed by atoms with Gasteiger partial charge in [-0.05, 0) is 12.5 Å². The molecule has 0 atom stereocenters. The number of nitro groups is 1. The highest BCUT2D eigenvalue weighted by atomic mass is 32.1. The molecule has 0 radical (unpaired) electrons. The second kappa shape index (κ2) is 10.2. The van der Waals surface area contributed by atoms with Crippen LogP contribution in [-0.2, 0) is 16.0 Å². The van der Waals surface area contributed by atoms with Crippen LogP contribution in [0.4, 0.5) is 10.8 Å². The van der Waals surface area contributed by atoms with Crippen LogP contribution in [0.1, 0.15) is 24.6 Å². The van der Waals surface area contributed by atoms with Gasteiger partial charge in [-0.25, -0.2) is 4.98 Å². The topological polar surface area (TPSA) is 125 Å². The fourth-order valence-corrected chi connectivity index (χ4v) is 2.80. The number of ether oxygens (including phenoxy) is 3. The summed E-state index contributed by atoms with van der Waals surface area (Å²) in [4.78, 5) is 26.3. The van der Waals surface area contributed by atoms with Crippen LogP contribution in [0.3, 0.4) is 0 Å². The van der Waals surface area contributed by atoms with Crippen molar-refractivity contribution < 1.29 is 23.9 Å². The third-order valence-corrected chi connectivity index (χ3v) is 4.20. The molecule has 1 heterocycles. The number of methoxy groups -OCH3 is 2. The number of nitrogens with one attached hydrogen (secondary N) is 1. The summed E-state index contributed by atoms with van der Waals surface area (Å²) in [6.45, 7) is 2.24. The van der Waals surface area contributed by atoms with E-state index in [4.69, 9.17) is 9.47 Å². The van der Waals surface area contributed by atoms with Gasteiger partial charge >= 0.3 is 11.7 Å². The first-order valence-corrected chi connectivity index (χ1v) is 9.16. The van der Waals surface area contributed by atoms with Crippen molar-refractivity contribution in [2.75, 3.05) is 26.3 Å². The molecule has 11 heteroatoms. The Morgan fingerprint density at radius 2 is 2.21 bits per heavy atom. The lowest BCUT2D eigenvalue weighted by molar-refractivity contribution is -0.386. The van der Waals surface area contributed by atoms with Crippen LogP contribution in [0.25, 0.3) is 0 Å². The standard InChI is InChI=1S/C17H20N4O6S/c1-4-5-27-16-13(21(23)24)6-11(7-14(16)25-2)9-18-20-17-19-12(10-28-17)8-15(22)26-3/h6-7,9-10H,4-5,8H2,1-3H3,(H,19,20)/b18-9-. The number of anilines is 1. The smallest absolute Gasteiger partial charge is 0.315 e. The number of hydrogen-bond donors (Lipinski definition) is 1. The van der Waals surface area contributed by atoms with Crippen molar-refractivity contribution in [2.45, 2.75) is 19.8 Å². The van der Waals surface area contributed by atoms with Gasteiger partial charge in [0.1, 0.15) is 0 Å². The van der Waals surface area contributed by atoms with E-state index in [-0.39, 0.29) is 29.6 Å². The number of benzene rings is 1. The van der Waals surface area contributed by atoms with Crippen molar-refractivity contribution >= 4 is 34.3 Å². The predicted octanol–water partition coefficient (Wildman–Crippen LogP) is 3.01. The van der Waals surface area contributed by atoms with Gasteiger partial charge in [0.05, 0.1) is 44.1 Å². The Kier molecular flexibility index (Phi) is 7.69. The first-order valence-electron chi connectivity index (χ1n) is 8.28. The SMILES string of the molecule is CCCOc1c(OC)cc(/C=N\Nc2nc(CC(=O)OC)cs2)cc1[N+](=O)[O-]. The van der Waals surface area contributed by atoms with Gasteiger partial charge in [0.15, 0.2) is 5.75 Å². The molecule has 10 nitrogen and oxygen atoms in total. The lowest BCUT2D eigenvalue weighted by Gasteiger charge is -2.11. The van der Waals surface area contributed by atoms with Crippen molar-refractivity contribution in [1.29, 1.82) is 0 Å². The maximum Gasteiger partial charge on any atom is 0.315 e. The molecule has 0 aliphatic carbocycles. The normalized spacial score (nSPS) is 10.7. The van der Waals surface area contributed by atoms with E-state index in [2.05, 4.69) is 20.2 Å². The van der Waals surface area contributed by atoms with Crippen molar-refractivity contribution in [3.8, 4) is 11.5 Å². The lowest BCUT2D eigenvalue weighted by atomic mass is 10.2. The molecular formula is C17H20N4O6S. The molecule has 0 aliphatic rings. The molecule has 0 aliphatic heterocycles. The molecule has 0 fully saturated rings. The summed E-state index contributed by atoms with van der Waals surface area (Å²) in [5, 5.41) is 17.6. The number of aromatic nitrogens is 1. The quantitative estimate of drug-likeness (QED) is 0.275. The zero-order valence-corrected chi connectivity index (χ0v) is 16.4. The molecular weight excluding hydrogens is 388 g/mol. The average Bonchev–Trinajstić information content (AvgIpc) is 3.12. The summed E-state index contributed by atoms with van der Waals surface area (Å²) in [5.74, 6) is -0.0457. The van der Waals surface area contributed by atoms with Crippen LogP contribution in [0, 0.1) is 10.1 Å². The van der Waals surface area contributed by atoms with Crippen LogP contribution >= 0.6 is 11.3 Å². The van der Waals surface area contributed by atoms with E-state index in [1.54, 1.807) is 11.4 Å². The minimum Gasteiger partial charge on any atom is -0.493 e. The fourth-order valence-electron chi connectivity index (χ4n) is 2.14. The molecule has 0 saturated heterocycles. The molecule has 2 aromatic rings. The van der Waals surface area contributed by atoms with E-state index in [1.165, 1.54) is 37.8 Å². The van der Waals surface area contributed by atoms with Crippen molar-refractivity contribution in [1.82, 2.24) is 4.98 Å². The number of nitrogens with zero attached hydrogens (tertiary/aromatic N) is 3. The molecule has 1 N–H and O–H groups in total. The van der Waals surface area contributed by atoms with Gasteiger partial charge in [-0.15, -0.1) is 11.3 Å². The molecule has 0 bridgehead atoms. The third kappa shape index (κ3) is 5.64. The van der Waals surface area contributed by atoms with Gasteiger partial charge in [0, 0.05) is 17.0 Å². The average molecular weight is 408 g/mol. The second-order valence-electron chi connectivity index (χ2n) is 5.44. The third-order valence-electron chi connectivity index (χ3n) is 3.40. The molecule has 28 heavy (non-hydrogen) atoms. The Bertz CT molecular complexity index is 867. The number of hydrazone groups is 1. The zero-order valence-electron chi connectivity index (χ0n) is 15.6. The summed E-state index contributed by atoms with van der Waals surface area (Å²) in [5.41, 5.74) is 3.53. The van der Waals surface area contributed by atoms with Gasteiger partial charge in [-0.1, -0.05) is 6.92 Å². The minimum atomic E-state index is -0.530. The van der Waals surface area contributed by atoms with E-state index in [0.29, 0.717) is 29.4 Å². The summed E-state index contributed by atoms with van der Waals surface area (Å²) in [6, 6.07) is 2.94. The monoisotopic (exact) mass is 408 g/mol. The van der Waals surface area contributed by atoms with Gasteiger partial charge in [-0.2, -0.15) is 5.10 Å². The van der Waals surface area contributed by atoms with Crippen LogP contribution in [0.15, 0.2) is 22.6 Å². The summed E-state index contributed by atoms with van der Waals surface area (Å²) < 4.78 is 15.3. The molecule has 150 valence electrons. The Morgan fingerprint density at radius 1 is 1.43 bits per heavy atom. The van der Waals surface area contributed by atoms with Gasteiger partial charge < -0.3 is 14.2 Å². The van der Waals surface area contributed by atoms with Gasteiger partial charge in [0.25, 0.3) is 0 Å². The highest BCUT2D eigenvalue weighted by Gasteiger charge is 2.21. The van der Waals surface area contributed by atoms with Gasteiger partial charge in [-0.3, -0.25) is 20.3 Å². The van der Waals surface area contributed by atoms with Crippen molar-refractivity contribution in [3.63, 3.8) is 0 Å². The first kappa shape index (κ1) is 21.1. The summed E-state index contributed by atoms with van der Waals surface area (Å²) in [6.07, 6.45) is 2.18. The Hall–Kier alpha value is -3.21. The maximum atomic E-state index is 11.4. The van der Waals surface area contributed by atoms with Gasteiger partial charge in [0.2, 0.25) is 10.9 Å². The van der Waals surface area contributed by atoms with E-state index in [1.807, 2.05) is 6.92 Å². The number of thiazole rings is 1. The molecule has 0 unspecified atom stereocenters. The lowest BCUT2D eigenvalue weighted by Crippen LogP contribution is -2.04. The highest BCUT2D eigenvalue weighted by Crippen LogP contribution is 2.38. The van der Waals surface area contributed by atoms with E-state index < -0.39 is 4.92 Å². The first-order chi connectivity index (χ1) is 13.5.